The van der Waals surface area contributed by atoms with Crippen LogP contribution in [0.2, 0.25) is 0 Å². The van der Waals surface area contributed by atoms with Crippen molar-refractivity contribution in [3.05, 3.63) is 77.6 Å². The van der Waals surface area contributed by atoms with Gasteiger partial charge in [0.05, 0.1) is 11.7 Å². The predicted molar refractivity (Wildman–Crippen MR) is 83.6 cm³/mol. The number of pyridine rings is 1. The van der Waals surface area contributed by atoms with Crippen molar-refractivity contribution in [2.24, 2.45) is 5.73 Å². The summed E-state index contributed by atoms with van der Waals surface area (Å²) < 4.78 is 0. The SMILES string of the molecule is Cc1cccc(CC(N)c2nccc3ccccc23)c1. The zero-order valence-corrected chi connectivity index (χ0v) is 11.6. The number of nitrogens with zero attached hydrogens (tertiary/aromatic N) is 1. The zero-order chi connectivity index (χ0) is 13.9. The highest BCUT2D eigenvalue weighted by Crippen LogP contribution is 2.23. The lowest BCUT2D eigenvalue weighted by Crippen LogP contribution is -2.15. The Morgan fingerprint density at radius 3 is 2.75 bits per heavy atom. The van der Waals surface area contributed by atoms with E-state index < -0.39 is 0 Å². The molecule has 2 nitrogen and oxygen atoms in total. The van der Waals surface area contributed by atoms with Crippen LogP contribution in [0.5, 0.6) is 0 Å². The van der Waals surface area contributed by atoms with Crippen LogP contribution in [-0.2, 0) is 6.42 Å². The average molecular weight is 262 g/mol. The summed E-state index contributed by atoms with van der Waals surface area (Å²) >= 11 is 0. The molecule has 0 radical (unpaired) electrons. The molecule has 3 rings (SSSR count). The van der Waals surface area contributed by atoms with Gasteiger partial charge in [-0.3, -0.25) is 4.98 Å². The molecule has 0 aliphatic rings. The van der Waals surface area contributed by atoms with Crippen molar-refractivity contribution in [1.29, 1.82) is 0 Å². The van der Waals surface area contributed by atoms with E-state index in [4.69, 9.17) is 5.73 Å². The molecule has 0 fully saturated rings. The molecule has 0 aliphatic carbocycles. The van der Waals surface area contributed by atoms with E-state index in [0.29, 0.717) is 0 Å². The van der Waals surface area contributed by atoms with E-state index in [1.807, 2.05) is 24.4 Å². The molecule has 0 saturated carbocycles. The first-order chi connectivity index (χ1) is 9.74. The lowest BCUT2D eigenvalue weighted by molar-refractivity contribution is 0.703. The third kappa shape index (κ3) is 2.56. The first-order valence-corrected chi connectivity index (χ1v) is 6.89. The first-order valence-electron chi connectivity index (χ1n) is 6.89. The van der Waals surface area contributed by atoms with E-state index in [9.17, 15) is 0 Å². The summed E-state index contributed by atoms with van der Waals surface area (Å²) in [5.74, 6) is 0. The van der Waals surface area contributed by atoms with Gasteiger partial charge >= 0.3 is 0 Å². The smallest absolute Gasteiger partial charge is 0.0652 e. The zero-order valence-electron chi connectivity index (χ0n) is 11.6. The molecule has 1 unspecified atom stereocenters. The maximum atomic E-state index is 6.38. The van der Waals surface area contributed by atoms with Gasteiger partial charge in [-0.25, -0.2) is 0 Å². The standard InChI is InChI=1S/C18H18N2/c1-13-5-4-6-14(11-13)12-17(19)18-16-8-3-2-7-15(16)9-10-20-18/h2-11,17H,12,19H2,1H3. The molecule has 3 aromatic rings. The minimum atomic E-state index is -0.0806. The molecular formula is C18H18N2. The molecule has 0 spiro atoms. The van der Waals surface area contributed by atoms with Gasteiger partial charge < -0.3 is 5.73 Å². The largest absolute Gasteiger partial charge is 0.322 e. The van der Waals surface area contributed by atoms with E-state index in [1.54, 1.807) is 0 Å². The van der Waals surface area contributed by atoms with E-state index in [0.717, 1.165) is 17.5 Å². The van der Waals surface area contributed by atoms with Crippen molar-refractivity contribution < 1.29 is 0 Å². The minimum Gasteiger partial charge on any atom is -0.322 e. The molecule has 2 aromatic carbocycles. The van der Waals surface area contributed by atoms with Crippen molar-refractivity contribution in [2.75, 3.05) is 0 Å². The normalized spacial score (nSPS) is 12.5. The van der Waals surface area contributed by atoms with Gasteiger partial charge in [0.15, 0.2) is 0 Å². The van der Waals surface area contributed by atoms with Crippen LogP contribution in [-0.4, -0.2) is 4.98 Å². The Bertz CT molecular complexity index is 729. The quantitative estimate of drug-likeness (QED) is 0.780. The summed E-state index contributed by atoms with van der Waals surface area (Å²) in [7, 11) is 0. The Morgan fingerprint density at radius 1 is 1.05 bits per heavy atom. The van der Waals surface area contributed by atoms with Crippen molar-refractivity contribution in [2.45, 2.75) is 19.4 Å². The fourth-order valence-corrected chi connectivity index (χ4v) is 2.63. The molecule has 0 saturated heterocycles. The Kier molecular flexibility index (Phi) is 3.48. The van der Waals surface area contributed by atoms with Crippen LogP contribution in [0.25, 0.3) is 10.8 Å². The molecule has 1 atom stereocenters. The van der Waals surface area contributed by atoms with Crippen LogP contribution in [0.4, 0.5) is 0 Å². The topological polar surface area (TPSA) is 38.9 Å². The van der Waals surface area contributed by atoms with Gasteiger partial charge in [-0.1, -0.05) is 54.1 Å². The van der Waals surface area contributed by atoms with E-state index in [2.05, 4.69) is 48.3 Å². The molecule has 0 bridgehead atoms. The van der Waals surface area contributed by atoms with Crippen LogP contribution in [0.1, 0.15) is 22.9 Å². The van der Waals surface area contributed by atoms with E-state index >= 15 is 0 Å². The summed E-state index contributed by atoms with van der Waals surface area (Å²) in [6.07, 6.45) is 2.65. The number of benzene rings is 2. The van der Waals surface area contributed by atoms with Gasteiger partial charge in [-0.2, -0.15) is 0 Å². The fourth-order valence-electron chi connectivity index (χ4n) is 2.63. The fraction of sp³-hybridized carbons (Fsp3) is 0.167. The highest BCUT2D eigenvalue weighted by Gasteiger charge is 2.12. The third-order valence-corrected chi connectivity index (χ3v) is 3.59. The monoisotopic (exact) mass is 262 g/mol. The van der Waals surface area contributed by atoms with E-state index in [-0.39, 0.29) is 6.04 Å². The molecule has 2 heteroatoms. The lowest BCUT2D eigenvalue weighted by atomic mass is 9.98. The molecule has 2 N–H and O–H groups in total. The summed E-state index contributed by atoms with van der Waals surface area (Å²) in [6, 6.07) is 18.7. The second kappa shape index (κ2) is 5.43. The number of fused-ring (bicyclic) bond motifs is 1. The van der Waals surface area contributed by atoms with Crippen LogP contribution < -0.4 is 5.73 Å². The van der Waals surface area contributed by atoms with Crippen LogP contribution in [0.15, 0.2) is 60.8 Å². The number of nitrogens with two attached hydrogens (primary N) is 1. The van der Waals surface area contributed by atoms with Crippen molar-refractivity contribution in [3.8, 4) is 0 Å². The molecule has 0 aliphatic heterocycles. The van der Waals surface area contributed by atoms with Crippen molar-refractivity contribution in [1.82, 2.24) is 4.98 Å². The van der Waals surface area contributed by atoms with Gasteiger partial charge in [0.1, 0.15) is 0 Å². The second-order valence-electron chi connectivity index (χ2n) is 5.22. The number of hydrogen-bond acceptors (Lipinski definition) is 2. The molecular weight excluding hydrogens is 244 g/mol. The molecule has 1 aromatic heterocycles. The minimum absolute atomic E-state index is 0.0806. The third-order valence-electron chi connectivity index (χ3n) is 3.59. The van der Waals surface area contributed by atoms with Gasteiger partial charge in [0.2, 0.25) is 0 Å². The van der Waals surface area contributed by atoms with Crippen LogP contribution in [0.3, 0.4) is 0 Å². The highest BCUT2D eigenvalue weighted by molar-refractivity contribution is 5.84. The van der Waals surface area contributed by atoms with Crippen molar-refractivity contribution in [3.63, 3.8) is 0 Å². The summed E-state index contributed by atoms with van der Waals surface area (Å²) in [5, 5.41) is 2.34. The Hall–Kier alpha value is -2.19. The lowest BCUT2D eigenvalue weighted by Gasteiger charge is -2.14. The van der Waals surface area contributed by atoms with Crippen LogP contribution >= 0.6 is 0 Å². The Morgan fingerprint density at radius 2 is 1.90 bits per heavy atom. The summed E-state index contributed by atoms with van der Waals surface area (Å²) in [6.45, 7) is 2.10. The average Bonchev–Trinajstić information content (AvgIpc) is 2.46. The highest BCUT2D eigenvalue weighted by atomic mass is 14.8. The van der Waals surface area contributed by atoms with Gasteiger partial charge in [0.25, 0.3) is 0 Å². The second-order valence-corrected chi connectivity index (χ2v) is 5.22. The molecule has 100 valence electrons. The van der Waals surface area contributed by atoms with Gasteiger partial charge in [-0.15, -0.1) is 0 Å². The first kappa shape index (κ1) is 12.8. The van der Waals surface area contributed by atoms with E-state index in [1.165, 1.54) is 16.5 Å². The van der Waals surface area contributed by atoms with Gasteiger partial charge in [-0.05, 0) is 30.4 Å². The van der Waals surface area contributed by atoms with Crippen LogP contribution in [0, 0.1) is 6.92 Å². The number of rotatable bonds is 3. The maximum Gasteiger partial charge on any atom is 0.0652 e. The molecule has 20 heavy (non-hydrogen) atoms. The Labute approximate surface area is 119 Å². The predicted octanol–water partition coefficient (Wildman–Crippen LogP) is 3.79. The summed E-state index contributed by atoms with van der Waals surface area (Å²) in [4.78, 5) is 4.50. The van der Waals surface area contributed by atoms with Crippen molar-refractivity contribution >= 4 is 10.8 Å². The summed E-state index contributed by atoms with van der Waals surface area (Å²) in [5.41, 5.74) is 9.88. The Balaban J connectivity index is 1.94. The number of aromatic nitrogens is 1. The molecule has 1 heterocycles. The van der Waals surface area contributed by atoms with Gasteiger partial charge in [0, 0.05) is 11.6 Å². The number of hydrogen-bond donors (Lipinski definition) is 1. The maximum absolute atomic E-state index is 6.38. The molecule has 0 amide bonds. The number of aryl methyl sites for hydroxylation is 1.